The van der Waals surface area contributed by atoms with Crippen molar-refractivity contribution in [3.8, 4) is 0 Å². The second-order valence-electron chi connectivity index (χ2n) is 4.24. The van der Waals surface area contributed by atoms with Gasteiger partial charge in [-0.2, -0.15) is 12.7 Å². The summed E-state index contributed by atoms with van der Waals surface area (Å²) in [5, 5.41) is 3.63. The van der Waals surface area contributed by atoms with Crippen LogP contribution < -0.4 is 0 Å². The van der Waals surface area contributed by atoms with E-state index in [-0.39, 0.29) is 44.4 Å². The molecule has 1 aromatic rings. The summed E-state index contributed by atoms with van der Waals surface area (Å²) in [5.74, 6) is 0.0350. The molecule has 112 valence electrons. The number of hydrogen-bond donors (Lipinski definition) is 0. The Labute approximate surface area is 115 Å². The molecule has 0 N–H and O–H groups in total. The summed E-state index contributed by atoms with van der Waals surface area (Å²) in [6.07, 6.45) is 0. The summed E-state index contributed by atoms with van der Waals surface area (Å²) in [6, 6.07) is 1.46. The number of rotatable bonds is 4. The van der Waals surface area contributed by atoms with Crippen LogP contribution in [-0.4, -0.2) is 62.0 Å². The summed E-state index contributed by atoms with van der Waals surface area (Å²) >= 11 is 0. The predicted octanol–water partition coefficient (Wildman–Crippen LogP) is -0.207. The Bertz CT molecular complexity index is 579. The topological polar surface area (TPSA) is 93.0 Å². The fourth-order valence-corrected chi connectivity index (χ4v) is 2.49. The Hall–Kier alpha value is -1.52. The molecule has 0 bridgehead atoms. The van der Waals surface area contributed by atoms with E-state index >= 15 is 0 Å². The summed E-state index contributed by atoms with van der Waals surface area (Å²) in [7, 11) is -3.21. The minimum Gasteiger partial charge on any atom is -0.377 e. The van der Waals surface area contributed by atoms with Gasteiger partial charge in [0.05, 0.1) is 0 Å². The smallest absolute Gasteiger partial charge is 0.374 e. The number of hydrogen-bond acceptors (Lipinski definition) is 6. The number of halogens is 1. The average Bonchev–Trinajstić information content (AvgIpc) is 2.86. The summed E-state index contributed by atoms with van der Waals surface area (Å²) < 4.78 is 44.7. The summed E-state index contributed by atoms with van der Waals surface area (Å²) in [5.41, 5.74) is 0.119. The molecule has 1 amide bonds. The van der Waals surface area contributed by atoms with Crippen LogP contribution >= 0.6 is 0 Å². The van der Waals surface area contributed by atoms with Crippen molar-refractivity contribution in [3.05, 3.63) is 17.5 Å². The number of aromatic nitrogens is 1. The number of amides is 1. The van der Waals surface area contributed by atoms with Crippen LogP contribution in [0.5, 0.6) is 0 Å². The zero-order chi connectivity index (χ0) is 14.8. The highest BCUT2D eigenvalue weighted by atomic mass is 32.3. The molecule has 1 fully saturated rings. The summed E-state index contributed by atoms with van der Waals surface area (Å²) in [6.45, 7) is 0.262. The Morgan fingerprint density at radius 2 is 2.10 bits per heavy atom. The molecule has 20 heavy (non-hydrogen) atoms. The van der Waals surface area contributed by atoms with E-state index in [0.29, 0.717) is 10.1 Å². The molecule has 0 spiro atoms. The van der Waals surface area contributed by atoms with Gasteiger partial charge in [0.1, 0.15) is 6.61 Å². The number of carbonyl (C=O) groups excluding carboxylic acids is 1. The lowest BCUT2D eigenvalue weighted by molar-refractivity contribution is 0.0684. The third-order valence-corrected chi connectivity index (χ3v) is 3.88. The molecule has 0 aliphatic carbocycles. The maximum absolute atomic E-state index is 12.8. The normalized spacial score (nSPS) is 17.4. The van der Waals surface area contributed by atoms with Crippen LogP contribution in [-0.2, 0) is 21.8 Å². The Kier molecular flexibility index (Phi) is 4.35. The zero-order valence-electron chi connectivity index (χ0n) is 10.8. The highest BCUT2D eigenvalue weighted by molar-refractivity contribution is 7.83. The first-order valence-electron chi connectivity index (χ1n) is 5.85. The van der Waals surface area contributed by atoms with Gasteiger partial charge in [0, 0.05) is 39.4 Å². The molecule has 2 heterocycles. The van der Waals surface area contributed by atoms with Crippen molar-refractivity contribution in [1.29, 1.82) is 0 Å². The second-order valence-corrected chi connectivity index (χ2v) is 5.59. The van der Waals surface area contributed by atoms with Gasteiger partial charge in [-0.25, -0.2) is 0 Å². The molecule has 2 rings (SSSR count). The first kappa shape index (κ1) is 14.9. The lowest BCUT2D eigenvalue weighted by Crippen LogP contribution is -2.49. The lowest BCUT2D eigenvalue weighted by atomic mass is 10.3. The summed E-state index contributed by atoms with van der Waals surface area (Å²) in [4.78, 5) is 13.5. The molecular weight excluding hydrogens is 293 g/mol. The molecule has 0 saturated carbocycles. The van der Waals surface area contributed by atoms with Crippen LogP contribution in [0.15, 0.2) is 10.6 Å². The minimum absolute atomic E-state index is 0.0760. The SMILES string of the molecule is COCc1cc(C(=O)N2CCN(S(=O)(=O)F)CC2)no1. The van der Waals surface area contributed by atoms with Gasteiger partial charge in [0.15, 0.2) is 11.5 Å². The number of ether oxygens (including phenoxy) is 1. The maximum atomic E-state index is 12.8. The van der Waals surface area contributed by atoms with Gasteiger partial charge in [-0.05, 0) is 0 Å². The molecule has 1 aromatic heterocycles. The standard InChI is InChI=1S/C10H14FN3O5S/c1-18-7-8-6-9(12-19-8)10(15)13-2-4-14(5-3-13)20(11,16)17/h6H,2-5,7H2,1H3. The zero-order valence-corrected chi connectivity index (χ0v) is 11.6. The van der Waals surface area contributed by atoms with Gasteiger partial charge in [-0.1, -0.05) is 9.04 Å². The van der Waals surface area contributed by atoms with Crippen LogP contribution in [0.1, 0.15) is 16.2 Å². The lowest BCUT2D eigenvalue weighted by Gasteiger charge is -2.31. The van der Waals surface area contributed by atoms with E-state index in [0.717, 1.165) is 0 Å². The molecule has 10 heteroatoms. The van der Waals surface area contributed by atoms with E-state index in [2.05, 4.69) is 5.16 Å². The first-order valence-corrected chi connectivity index (χ1v) is 7.19. The average molecular weight is 307 g/mol. The van der Waals surface area contributed by atoms with Crippen LogP contribution in [0, 0.1) is 0 Å². The molecule has 1 aliphatic rings. The fraction of sp³-hybridized carbons (Fsp3) is 0.600. The number of methoxy groups -OCH3 is 1. The van der Waals surface area contributed by atoms with Crippen molar-refractivity contribution in [2.45, 2.75) is 6.61 Å². The molecule has 1 aliphatic heterocycles. The van der Waals surface area contributed by atoms with E-state index in [1.807, 2.05) is 0 Å². The largest absolute Gasteiger partial charge is 0.377 e. The molecular formula is C10H14FN3O5S. The third kappa shape index (κ3) is 3.32. The van der Waals surface area contributed by atoms with Gasteiger partial charge in [-0.15, -0.1) is 0 Å². The Morgan fingerprint density at radius 1 is 1.45 bits per heavy atom. The fourth-order valence-electron chi connectivity index (χ4n) is 1.90. The third-order valence-electron chi connectivity index (χ3n) is 2.90. The molecule has 0 atom stereocenters. The Morgan fingerprint density at radius 3 is 2.65 bits per heavy atom. The van der Waals surface area contributed by atoms with E-state index in [1.54, 1.807) is 0 Å². The van der Waals surface area contributed by atoms with E-state index in [4.69, 9.17) is 9.26 Å². The van der Waals surface area contributed by atoms with Crippen molar-refractivity contribution >= 4 is 16.3 Å². The minimum atomic E-state index is -4.70. The maximum Gasteiger partial charge on any atom is 0.374 e. The number of nitrogens with zero attached hydrogens (tertiary/aromatic N) is 3. The van der Waals surface area contributed by atoms with Crippen molar-refractivity contribution in [3.63, 3.8) is 0 Å². The molecule has 1 saturated heterocycles. The molecule has 0 radical (unpaired) electrons. The molecule has 0 unspecified atom stereocenters. The van der Waals surface area contributed by atoms with Gasteiger partial charge >= 0.3 is 10.4 Å². The van der Waals surface area contributed by atoms with Crippen molar-refractivity contribution in [2.24, 2.45) is 0 Å². The number of carbonyl (C=O) groups is 1. The van der Waals surface area contributed by atoms with Gasteiger partial charge < -0.3 is 14.2 Å². The molecule has 8 nitrogen and oxygen atoms in total. The van der Waals surface area contributed by atoms with Crippen LogP contribution in [0.3, 0.4) is 0 Å². The van der Waals surface area contributed by atoms with E-state index < -0.39 is 10.4 Å². The van der Waals surface area contributed by atoms with Crippen molar-refractivity contribution in [2.75, 3.05) is 33.3 Å². The van der Waals surface area contributed by atoms with E-state index in [9.17, 15) is 17.1 Å². The monoisotopic (exact) mass is 307 g/mol. The van der Waals surface area contributed by atoms with Gasteiger partial charge in [0.25, 0.3) is 5.91 Å². The van der Waals surface area contributed by atoms with Crippen molar-refractivity contribution in [1.82, 2.24) is 14.4 Å². The van der Waals surface area contributed by atoms with Crippen LogP contribution in [0.25, 0.3) is 0 Å². The number of piperazine rings is 1. The van der Waals surface area contributed by atoms with Crippen molar-refractivity contribution < 1.29 is 26.4 Å². The van der Waals surface area contributed by atoms with Crippen LogP contribution in [0.4, 0.5) is 3.89 Å². The predicted molar refractivity (Wildman–Crippen MR) is 64.7 cm³/mol. The highest BCUT2D eigenvalue weighted by Crippen LogP contribution is 2.13. The first-order chi connectivity index (χ1) is 9.41. The van der Waals surface area contributed by atoms with Gasteiger partial charge in [-0.3, -0.25) is 4.79 Å². The second kappa shape index (κ2) is 5.85. The quantitative estimate of drug-likeness (QED) is 0.715. The highest BCUT2D eigenvalue weighted by Gasteiger charge is 2.29. The van der Waals surface area contributed by atoms with Crippen LogP contribution in [0.2, 0.25) is 0 Å². The van der Waals surface area contributed by atoms with Gasteiger partial charge in [0.2, 0.25) is 0 Å². The Balaban J connectivity index is 1.97. The van der Waals surface area contributed by atoms with E-state index in [1.165, 1.54) is 18.1 Å². The molecule has 0 aromatic carbocycles.